The van der Waals surface area contributed by atoms with E-state index in [1.54, 1.807) is 6.07 Å². The van der Waals surface area contributed by atoms with Crippen LogP contribution >= 0.6 is 15.9 Å². The van der Waals surface area contributed by atoms with E-state index >= 15 is 0 Å². The van der Waals surface area contributed by atoms with Gasteiger partial charge in [-0.2, -0.15) is 0 Å². The van der Waals surface area contributed by atoms with Crippen molar-refractivity contribution in [2.24, 2.45) is 5.41 Å². The zero-order valence-corrected chi connectivity index (χ0v) is 12.1. The number of carboxylic acids is 1. The van der Waals surface area contributed by atoms with E-state index in [1.807, 2.05) is 12.1 Å². The minimum Gasteiger partial charge on any atom is -0.478 e. The second-order valence-electron chi connectivity index (χ2n) is 5.37. The fraction of sp³-hybridized carbons (Fsp3) is 0.500. The summed E-state index contributed by atoms with van der Waals surface area (Å²) in [4.78, 5) is 11.2. The van der Waals surface area contributed by atoms with Crippen LogP contribution in [0.1, 0.15) is 43.0 Å². The minimum atomic E-state index is -0.893. The molecule has 0 radical (unpaired) electrons. The van der Waals surface area contributed by atoms with Gasteiger partial charge in [0.25, 0.3) is 0 Å². The number of carboxylic acid groups (broad SMARTS) is 1. The number of carbonyl (C=O) groups is 1. The smallest absolute Gasteiger partial charge is 0.337 e. The number of anilines is 1. The molecule has 98 valence electrons. The third-order valence-electron chi connectivity index (χ3n) is 3.73. The Labute approximate surface area is 116 Å². The number of rotatable bonds is 4. The van der Waals surface area contributed by atoms with Crippen LogP contribution in [0.3, 0.4) is 0 Å². The molecule has 0 heterocycles. The van der Waals surface area contributed by atoms with Gasteiger partial charge in [-0.05, 0) is 36.5 Å². The van der Waals surface area contributed by atoms with E-state index in [0.717, 1.165) is 11.0 Å². The van der Waals surface area contributed by atoms with Gasteiger partial charge in [0.05, 0.1) is 5.56 Å². The van der Waals surface area contributed by atoms with Crippen molar-refractivity contribution < 1.29 is 9.90 Å². The number of aromatic carboxylic acids is 1. The van der Waals surface area contributed by atoms with Gasteiger partial charge in [-0.1, -0.05) is 35.7 Å². The maximum atomic E-state index is 11.2. The third-order valence-corrected chi connectivity index (χ3v) is 4.22. The zero-order chi connectivity index (χ0) is 13.2. The highest BCUT2D eigenvalue weighted by Gasteiger charge is 2.28. The van der Waals surface area contributed by atoms with Crippen molar-refractivity contribution in [1.29, 1.82) is 0 Å². The highest BCUT2D eigenvalue weighted by atomic mass is 79.9. The van der Waals surface area contributed by atoms with Crippen LogP contribution in [0.15, 0.2) is 22.7 Å². The standard InChI is InChI=1S/C14H18BrNO2/c1-14(6-2-3-7-14)9-16-12-5-4-10(15)8-11(12)13(17)18/h4-5,8,16H,2-3,6-7,9H2,1H3,(H,17,18). The van der Waals surface area contributed by atoms with Crippen LogP contribution in [-0.4, -0.2) is 17.6 Å². The lowest BCUT2D eigenvalue weighted by Crippen LogP contribution is -2.23. The van der Waals surface area contributed by atoms with Crippen molar-refractivity contribution in [3.8, 4) is 0 Å². The Kier molecular flexibility index (Phi) is 3.95. The van der Waals surface area contributed by atoms with E-state index in [9.17, 15) is 9.90 Å². The molecule has 0 aliphatic heterocycles. The van der Waals surface area contributed by atoms with Gasteiger partial charge in [-0.15, -0.1) is 0 Å². The molecular weight excluding hydrogens is 294 g/mol. The van der Waals surface area contributed by atoms with Gasteiger partial charge in [-0.3, -0.25) is 0 Å². The summed E-state index contributed by atoms with van der Waals surface area (Å²) in [5.74, 6) is -0.893. The third kappa shape index (κ3) is 3.05. The first-order chi connectivity index (χ1) is 8.50. The van der Waals surface area contributed by atoms with E-state index in [0.29, 0.717) is 16.7 Å². The number of hydrogen-bond donors (Lipinski definition) is 2. The fourth-order valence-electron chi connectivity index (χ4n) is 2.56. The molecule has 1 aromatic carbocycles. The summed E-state index contributed by atoms with van der Waals surface area (Å²) in [6.45, 7) is 3.11. The van der Waals surface area contributed by atoms with E-state index < -0.39 is 5.97 Å². The maximum absolute atomic E-state index is 11.2. The molecule has 0 aromatic heterocycles. The molecule has 1 aliphatic rings. The molecule has 0 unspecified atom stereocenters. The molecule has 0 bridgehead atoms. The summed E-state index contributed by atoms with van der Waals surface area (Å²) in [7, 11) is 0. The van der Waals surface area contributed by atoms with E-state index in [4.69, 9.17) is 0 Å². The number of hydrogen-bond acceptors (Lipinski definition) is 2. The maximum Gasteiger partial charge on any atom is 0.337 e. The molecule has 0 amide bonds. The average molecular weight is 312 g/mol. The topological polar surface area (TPSA) is 49.3 Å². The van der Waals surface area contributed by atoms with Gasteiger partial charge in [0.1, 0.15) is 0 Å². The van der Waals surface area contributed by atoms with Crippen molar-refractivity contribution in [3.63, 3.8) is 0 Å². The first-order valence-electron chi connectivity index (χ1n) is 6.27. The molecule has 0 spiro atoms. The zero-order valence-electron chi connectivity index (χ0n) is 10.5. The number of halogens is 1. The Morgan fingerprint density at radius 3 is 2.72 bits per heavy atom. The second kappa shape index (κ2) is 5.31. The summed E-state index contributed by atoms with van der Waals surface area (Å²) >= 11 is 3.30. The van der Waals surface area contributed by atoms with Crippen molar-refractivity contribution in [2.75, 3.05) is 11.9 Å². The van der Waals surface area contributed by atoms with Crippen LogP contribution in [-0.2, 0) is 0 Å². The number of nitrogens with one attached hydrogen (secondary N) is 1. The molecule has 2 rings (SSSR count). The normalized spacial score (nSPS) is 17.7. The molecule has 1 saturated carbocycles. The first kappa shape index (κ1) is 13.4. The summed E-state index contributed by atoms with van der Waals surface area (Å²) in [5.41, 5.74) is 1.34. The monoisotopic (exact) mass is 311 g/mol. The Bertz CT molecular complexity index is 453. The highest BCUT2D eigenvalue weighted by molar-refractivity contribution is 9.10. The summed E-state index contributed by atoms with van der Waals surface area (Å²) < 4.78 is 0.789. The molecule has 18 heavy (non-hydrogen) atoms. The summed E-state index contributed by atoms with van der Waals surface area (Å²) in [6.07, 6.45) is 5.01. The summed E-state index contributed by atoms with van der Waals surface area (Å²) in [5, 5.41) is 12.5. The molecule has 0 atom stereocenters. The molecule has 3 nitrogen and oxygen atoms in total. The van der Waals surface area contributed by atoms with E-state index in [-0.39, 0.29) is 0 Å². The molecule has 4 heteroatoms. The van der Waals surface area contributed by atoms with Crippen LogP contribution in [0.4, 0.5) is 5.69 Å². The SMILES string of the molecule is CC1(CNc2ccc(Br)cc2C(=O)O)CCCC1. The molecule has 0 saturated heterocycles. The lowest BCUT2D eigenvalue weighted by Gasteiger charge is -2.25. The Hall–Kier alpha value is -1.03. The van der Waals surface area contributed by atoms with Crippen molar-refractivity contribution in [2.45, 2.75) is 32.6 Å². The lowest BCUT2D eigenvalue weighted by atomic mass is 9.89. The summed E-state index contributed by atoms with van der Waals surface area (Å²) in [6, 6.07) is 5.33. The average Bonchev–Trinajstić information content (AvgIpc) is 2.75. The van der Waals surface area contributed by atoms with Crippen molar-refractivity contribution >= 4 is 27.6 Å². The molecule has 1 aromatic rings. The Balaban J connectivity index is 2.11. The first-order valence-corrected chi connectivity index (χ1v) is 7.06. The molecular formula is C14H18BrNO2. The van der Waals surface area contributed by atoms with Gasteiger partial charge in [0, 0.05) is 16.7 Å². The Morgan fingerprint density at radius 2 is 2.11 bits per heavy atom. The fourth-order valence-corrected chi connectivity index (χ4v) is 2.92. The van der Waals surface area contributed by atoms with Gasteiger partial charge in [0.15, 0.2) is 0 Å². The van der Waals surface area contributed by atoms with Gasteiger partial charge in [0.2, 0.25) is 0 Å². The Morgan fingerprint density at radius 1 is 1.44 bits per heavy atom. The van der Waals surface area contributed by atoms with Crippen molar-refractivity contribution in [3.05, 3.63) is 28.2 Å². The van der Waals surface area contributed by atoms with Gasteiger partial charge in [-0.25, -0.2) is 4.79 Å². The quantitative estimate of drug-likeness (QED) is 0.878. The van der Waals surface area contributed by atoms with Gasteiger partial charge >= 0.3 is 5.97 Å². The number of benzene rings is 1. The molecule has 2 N–H and O–H groups in total. The molecule has 1 fully saturated rings. The van der Waals surface area contributed by atoms with E-state index in [2.05, 4.69) is 28.2 Å². The van der Waals surface area contributed by atoms with Crippen LogP contribution < -0.4 is 5.32 Å². The van der Waals surface area contributed by atoms with Crippen LogP contribution in [0.25, 0.3) is 0 Å². The second-order valence-corrected chi connectivity index (χ2v) is 6.28. The van der Waals surface area contributed by atoms with Crippen LogP contribution in [0.2, 0.25) is 0 Å². The van der Waals surface area contributed by atoms with Crippen molar-refractivity contribution in [1.82, 2.24) is 0 Å². The van der Waals surface area contributed by atoms with Crippen LogP contribution in [0.5, 0.6) is 0 Å². The minimum absolute atomic E-state index is 0.308. The largest absolute Gasteiger partial charge is 0.478 e. The highest BCUT2D eigenvalue weighted by Crippen LogP contribution is 2.37. The van der Waals surface area contributed by atoms with Crippen LogP contribution in [0, 0.1) is 5.41 Å². The van der Waals surface area contributed by atoms with Gasteiger partial charge < -0.3 is 10.4 Å². The van der Waals surface area contributed by atoms with E-state index in [1.165, 1.54) is 25.7 Å². The predicted octanol–water partition coefficient (Wildman–Crippen LogP) is 4.14. The predicted molar refractivity (Wildman–Crippen MR) is 76.2 cm³/mol. The lowest BCUT2D eigenvalue weighted by molar-refractivity contribution is 0.0697. The molecule has 1 aliphatic carbocycles.